The number of thiol groups is 1. The van der Waals surface area contributed by atoms with Gasteiger partial charge in [-0.1, -0.05) is 13.8 Å². The largest absolute Gasteiger partial charge is 0.481 e. The number of phosphoric acid groups is 3. The normalized spacial score (nSPS) is 22.7. The Balaban J connectivity index is 1.64. The van der Waals surface area contributed by atoms with Gasteiger partial charge in [0.05, 0.1) is 19.5 Å². The van der Waals surface area contributed by atoms with Crippen LogP contribution in [-0.4, -0.2) is 123 Å². The zero-order valence-corrected chi connectivity index (χ0v) is 29.9. The summed E-state index contributed by atoms with van der Waals surface area (Å²) in [6, 6.07) is 0. The van der Waals surface area contributed by atoms with Crippen LogP contribution in [0, 0.1) is 5.41 Å². The SMILES string of the molecule is C=C=Nc1ncnc2c1ncn2[C@@H]1O[C@H](COP(=O)(O)OP(=O)(O)OCC(C)(C)C(O)C(=O)NCCC(=O)NCCS)[C@@H](OP(=O)(O)O)[C@H]1O. The quantitative estimate of drug-likeness (QED) is 0.0479. The molecule has 0 aromatic carbocycles. The highest BCUT2D eigenvalue weighted by Crippen LogP contribution is 2.61. The fourth-order valence-corrected chi connectivity index (χ4v) is 7.20. The summed E-state index contributed by atoms with van der Waals surface area (Å²) in [7, 11) is -16.3. The van der Waals surface area contributed by atoms with Crippen LogP contribution in [0.3, 0.4) is 0 Å². The number of carbonyl (C=O) groups is 2. The van der Waals surface area contributed by atoms with Crippen molar-refractivity contribution in [3.63, 3.8) is 0 Å². The number of nitrogens with one attached hydrogen (secondary N) is 2. The Morgan fingerprint density at radius 1 is 1.14 bits per heavy atom. The summed E-state index contributed by atoms with van der Waals surface area (Å²) in [6.45, 7) is 4.04. The van der Waals surface area contributed by atoms with E-state index in [2.05, 4.69) is 64.5 Å². The van der Waals surface area contributed by atoms with Crippen LogP contribution in [0.4, 0.5) is 5.82 Å². The van der Waals surface area contributed by atoms with Crippen LogP contribution in [-0.2, 0) is 45.9 Å². The second-order valence-electron chi connectivity index (χ2n) is 11.0. The maximum absolute atomic E-state index is 12.6. The number of nitrogens with zero attached hydrogens (tertiary/aromatic N) is 5. The van der Waals surface area contributed by atoms with Crippen LogP contribution in [0.25, 0.3) is 11.2 Å². The molecule has 1 saturated heterocycles. The lowest BCUT2D eigenvalue weighted by Crippen LogP contribution is -2.46. The predicted molar refractivity (Wildman–Crippen MR) is 172 cm³/mol. The maximum Gasteiger partial charge on any atom is 0.481 e. The van der Waals surface area contributed by atoms with E-state index in [9.17, 15) is 53.1 Å². The van der Waals surface area contributed by atoms with Crippen LogP contribution in [0.2, 0.25) is 0 Å². The van der Waals surface area contributed by atoms with Crippen molar-refractivity contribution in [2.24, 2.45) is 10.4 Å². The molecule has 1 aliphatic heterocycles. The van der Waals surface area contributed by atoms with Gasteiger partial charge in [0.25, 0.3) is 0 Å². The summed E-state index contributed by atoms with van der Waals surface area (Å²) < 4.78 is 62.0. The van der Waals surface area contributed by atoms with Crippen molar-refractivity contribution in [1.82, 2.24) is 30.2 Å². The Bertz CT molecular complexity index is 1720. The molecule has 2 amide bonds. The van der Waals surface area contributed by atoms with Crippen LogP contribution in [0.5, 0.6) is 0 Å². The molecule has 0 saturated carbocycles. The molecule has 2 aromatic heterocycles. The first-order chi connectivity index (χ1) is 23.2. The number of imidazole rings is 1. The molecule has 8 N–H and O–H groups in total. The molecular weight excluding hydrogens is 755 g/mol. The van der Waals surface area contributed by atoms with E-state index in [-0.39, 0.29) is 35.9 Å². The Hall–Kier alpha value is -2.46. The summed E-state index contributed by atoms with van der Waals surface area (Å²) in [5.74, 6) is 1.40. The van der Waals surface area contributed by atoms with Crippen LogP contribution in [0.15, 0.2) is 24.2 Å². The molecule has 3 heterocycles. The smallest absolute Gasteiger partial charge is 0.386 e. The van der Waals surface area contributed by atoms with Crippen LogP contribution >= 0.6 is 36.1 Å². The van der Waals surface area contributed by atoms with Crippen molar-refractivity contribution < 1.29 is 75.7 Å². The first-order valence-electron chi connectivity index (χ1n) is 14.2. The zero-order valence-electron chi connectivity index (χ0n) is 26.3. The van der Waals surface area contributed by atoms with Gasteiger partial charge in [-0.25, -0.2) is 28.6 Å². The monoisotopic (exact) mass is 791 g/mol. The first-order valence-corrected chi connectivity index (χ1v) is 19.3. The number of aliphatic imine (C=N–C) groups is 1. The number of hydrogen-bond acceptors (Lipinski definition) is 17. The molecule has 0 bridgehead atoms. The van der Waals surface area contributed by atoms with Crippen LogP contribution in [0.1, 0.15) is 26.5 Å². The lowest BCUT2D eigenvalue weighted by atomic mass is 9.87. The minimum absolute atomic E-state index is 0.0296. The van der Waals surface area contributed by atoms with E-state index in [0.717, 1.165) is 17.2 Å². The average molecular weight is 792 g/mol. The van der Waals surface area contributed by atoms with Gasteiger partial charge in [-0.3, -0.25) is 27.7 Å². The number of phosphoric ester groups is 3. The van der Waals surface area contributed by atoms with E-state index in [1.165, 1.54) is 13.8 Å². The van der Waals surface area contributed by atoms with Gasteiger partial charge in [-0.15, -0.1) is 0 Å². The van der Waals surface area contributed by atoms with Gasteiger partial charge in [-0.05, 0) is 12.4 Å². The number of fused-ring (bicyclic) bond motifs is 1. The van der Waals surface area contributed by atoms with Crippen molar-refractivity contribution in [2.45, 2.75) is 50.9 Å². The molecule has 3 rings (SSSR count). The predicted octanol–water partition coefficient (Wildman–Crippen LogP) is -0.760. The molecule has 280 valence electrons. The number of amides is 2. The van der Waals surface area contributed by atoms with Crippen LogP contribution < -0.4 is 10.6 Å². The molecule has 0 aliphatic carbocycles. The van der Waals surface area contributed by atoms with Crippen molar-refractivity contribution >= 4 is 70.8 Å². The fraction of sp³-hybridized carbons (Fsp3) is 0.609. The Kier molecular flexibility index (Phi) is 14.6. The molecular formula is C23H36N7O16P3S. The van der Waals surface area contributed by atoms with Crippen molar-refractivity contribution in [3.8, 4) is 0 Å². The third-order valence-electron chi connectivity index (χ3n) is 6.65. The van der Waals surface area contributed by atoms with Gasteiger partial charge in [0.2, 0.25) is 11.8 Å². The van der Waals surface area contributed by atoms with Crippen molar-refractivity contribution in [1.29, 1.82) is 0 Å². The van der Waals surface area contributed by atoms with E-state index >= 15 is 0 Å². The van der Waals surface area contributed by atoms with E-state index in [1.807, 2.05) is 0 Å². The van der Waals surface area contributed by atoms with Gasteiger partial charge in [0.1, 0.15) is 30.7 Å². The summed E-state index contributed by atoms with van der Waals surface area (Å²) in [5, 5.41) is 26.2. The van der Waals surface area contributed by atoms with E-state index < -0.39 is 78.6 Å². The summed E-state index contributed by atoms with van der Waals surface area (Å²) in [5.41, 5.74) is -1.46. The molecule has 50 heavy (non-hydrogen) atoms. The minimum Gasteiger partial charge on any atom is -0.386 e. The molecule has 23 nitrogen and oxygen atoms in total. The van der Waals surface area contributed by atoms with E-state index in [4.69, 9.17) is 13.8 Å². The Morgan fingerprint density at radius 3 is 2.46 bits per heavy atom. The molecule has 27 heteroatoms. The number of aromatic nitrogens is 4. The summed E-state index contributed by atoms with van der Waals surface area (Å²) >= 11 is 3.95. The number of ether oxygens (including phenoxy) is 1. The first kappa shape index (κ1) is 42.0. The summed E-state index contributed by atoms with van der Waals surface area (Å²) in [4.78, 5) is 78.9. The lowest BCUT2D eigenvalue weighted by molar-refractivity contribution is -0.137. The maximum atomic E-state index is 12.6. The molecule has 0 spiro atoms. The van der Waals surface area contributed by atoms with Gasteiger partial charge in [0, 0.05) is 30.7 Å². The van der Waals surface area contributed by atoms with Gasteiger partial charge in [-0.2, -0.15) is 21.9 Å². The Morgan fingerprint density at radius 2 is 1.82 bits per heavy atom. The number of carbonyl (C=O) groups excluding carboxylic acids is 2. The van der Waals surface area contributed by atoms with E-state index in [1.54, 1.807) is 0 Å². The highest BCUT2D eigenvalue weighted by Gasteiger charge is 2.50. The number of rotatable bonds is 19. The second kappa shape index (κ2) is 17.4. The van der Waals surface area contributed by atoms with Crippen molar-refractivity contribution in [3.05, 3.63) is 19.2 Å². The van der Waals surface area contributed by atoms with Gasteiger partial charge < -0.3 is 45.2 Å². The third kappa shape index (κ3) is 11.8. The standard InChI is InChI=1S/C23H36N7O16P3S/c1-4-24-19-15-20(28-11-27-19)30(12-29-15)22-16(32)17(45-47(35,36)37)13(44-22)9-42-48(38,39)46-49(40,41)43-10-23(2,3)18(33)21(34)26-6-5-14(31)25-7-8-50/h11-13,16-18,22,32-33,50H,1,5-10H2,2-3H3,(H,25,31)(H,26,34)(H,38,39)(H,40,41)(H2,35,36,37)/t13-,16-,17-,18?,22-/m1/s1. The molecule has 7 atom stereocenters. The highest BCUT2D eigenvalue weighted by molar-refractivity contribution is 7.80. The minimum atomic E-state index is -5.55. The zero-order chi connectivity index (χ0) is 37.5. The Labute approximate surface area is 289 Å². The summed E-state index contributed by atoms with van der Waals surface area (Å²) in [6.07, 6.45) is -6.80. The lowest BCUT2D eigenvalue weighted by Gasteiger charge is -2.30. The van der Waals surface area contributed by atoms with E-state index in [0.29, 0.717) is 12.3 Å². The molecule has 1 fully saturated rings. The number of hydrogen-bond donors (Lipinski definition) is 9. The molecule has 0 radical (unpaired) electrons. The van der Waals surface area contributed by atoms with Crippen molar-refractivity contribution in [2.75, 3.05) is 32.1 Å². The molecule has 2 aromatic rings. The number of aliphatic hydroxyl groups excluding tert-OH is 2. The third-order valence-corrected chi connectivity index (χ3v) is 9.97. The molecule has 3 unspecified atom stereocenters. The van der Waals surface area contributed by atoms with Gasteiger partial charge >= 0.3 is 23.5 Å². The number of aliphatic hydroxyl groups is 2. The average Bonchev–Trinajstić information content (AvgIpc) is 3.57. The fourth-order valence-electron chi connectivity index (χ4n) is 4.26. The topological polar surface area (TPSA) is 333 Å². The van der Waals surface area contributed by atoms with Gasteiger partial charge in [0.15, 0.2) is 23.2 Å². The second-order valence-corrected chi connectivity index (χ2v) is 15.7. The highest BCUT2D eigenvalue weighted by atomic mass is 32.1. The molecule has 1 aliphatic rings.